The Morgan fingerprint density at radius 1 is 0.864 bits per heavy atom. The molecule has 6 aliphatic rings. The number of anilines is 3. The fourth-order valence-corrected chi connectivity index (χ4v) is 11.6. The second kappa shape index (κ2) is 15.9. The van der Waals surface area contributed by atoms with Crippen LogP contribution in [-0.2, 0) is 24.6 Å². The number of hydrogen-bond donors (Lipinski definition) is 5. The van der Waals surface area contributed by atoms with E-state index >= 15 is 4.39 Å². The topological polar surface area (TPSA) is 146 Å². The van der Waals surface area contributed by atoms with Gasteiger partial charge in [0.1, 0.15) is 11.2 Å². The number of fused-ring (bicyclic) bond motifs is 3. The molecule has 5 N–H and O–H groups in total. The predicted molar refractivity (Wildman–Crippen MR) is 224 cm³/mol. The molecule has 4 aliphatic heterocycles. The molecule has 5 fully saturated rings. The van der Waals surface area contributed by atoms with E-state index in [1.807, 2.05) is 35.2 Å². The van der Waals surface area contributed by atoms with Crippen LogP contribution in [0.15, 0.2) is 60.7 Å². The van der Waals surface area contributed by atoms with Crippen molar-refractivity contribution in [2.45, 2.75) is 99.5 Å². The molecule has 3 aromatic rings. The normalized spacial score (nSPS) is 29.0. The maximum Gasteiger partial charge on any atom is 0.238 e. The summed E-state index contributed by atoms with van der Waals surface area (Å²) in [5.41, 5.74) is 1.27. The maximum absolute atomic E-state index is 16.3. The molecular formula is C44H50Cl2FN7O5. The number of nitrogens with one attached hydrogen (secondary N) is 4. The minimum Gasteiger partial charge on any atom is -0.368 e. The van der Waals surface area contributed by atoms with E-state index in [9.17, 15) is 24.3 Å². The number of rotatable bonds is 6. The monoisotopic (exact) mass is 845 g/mol. The average Bonchev–Trinajstić information content (AvgIpc) is 3.69. The lowest BCUT2D eigenvalue weighted by molar-refractivity contribution is -0.137. The summed E-state index contributed by atoms with van der Waals surface area (Å²) in [5.74, 6) is -2.25. The van der Waals surface area contributed by atoms with Gasteiger partial charge in [0.05, 0.1) is 11.1 Å². The van der Waals surface area contributed by atoms with Crippen LogP contribution >= 0.6 is 23.2 Å². The lowest BCUT2D eigenvalue weighted by atomic mass is 9.55. The lowest BCUT2D eigenvalue weighted by Gasteiger charge is -2.47. The summed E-state index contributed by atoms with van der Waals surface area (Å²) < 4.78 is 16.3. The van der Waals surface area contributed by atoms with Gasteiger partial charge in [0.2, 0.25) is 30.0 Å². The molecule has 3 saturated heterocycles. The zero-order chi connectivity index (χ0) is 41.1. The van der Waals surface area contributed by atoms with Crippen molar-refractivity contribution in [2.75, 3.05) is 47.8 Å². The smallest absolute Gasteiger partial charge is 0.238 e. The number of hydrogen-bond acceptors (Lipinski definition) is 8. The fraction of sp³-hybridized carbons (Fsp3) is 0.500. The van der Waals surface area contributed by atoms with Crippen molar-refractivity contribution in [1.29, 1.82) is 0 Å². The average molecular weight is 847 g/mol. The first kappa shape index (κ1) is 40.0. The van der Waals surface area contributed by atoms with Gasteiger partial charge < -0.3 is 35.8 Å². The van der Waals surface area contributed by atoms with Crippen molar-refractivity contribution in [1.82, 2.24) is 20.9 Å². The largest absolute Gasteiger partial charge is 0.368 e. The Morgan fingerprint density at radius 2 is 1.58 bits per heavy atom. The van der Waals surface area contributed by atoms with Crippen molar-refractivity contribution in [2.24, 2.45) is 5.92 Å². The molecule has 3 aromatic carbocycles. The number of aliphatic hydroxyl groups is 1. The molecule has 1 unspecified atom stereocenters. The van der Waals surface area contributed by atoms with Crippen molar-refractivity contribution in [3.63, 3.8) is 0 Å². The number of amides is 4. The van der Waals surface area contributed by atoms with Crippen LogP contribution in [0.2, 0.25) is 10.0 Å². The van der Waals surface area contributed by atoms with E-state index in [0.29, 0.717) is 93.9 Å². The Bertz CT molecular complexity index is 2140. The number of aliphatic hydroxyl groups excluding tert-OH is 1. The van der Waals surface area contributed by atoms with Gasteiger partial charge in [0.15, 0.2) is 0 Å². The molecule has 4 atom stereocenters. The number of halogens is 3. The first-order valence-corrected chi connectivity index (χ1v) is 21.8. The van der Waals surface area contributed by atoms with Crippen LogP contribution in [0.5, 0.6) is 0 Å². The van der Waals surface area contributed by atoms with Gasteiger partial charge in [-0.25, -0.2) is 4.39 Å². The highest BCUT2D eigenvalue weighted by Gasteiger charge is 2.72. The standard InChI is InChI=1S/C44H50Cl2FN7O5/c45-27-9-16-32-34(25-27)49-41(58)44(32)36(31-5-4-6-33(46)37(31)47)38(51-43(44)18-2-1-3-19-43)39(56)48-28-10-7-26(8-11-28)40(57)53-23-21-52(22-24-53)29-12-14-30(15-13-29)54-20-17-35(55)50-42(54)59/h4-6,9,12-16,25-26,28,36,38,42,51,59H,1-3,7-8,10-11,17-24H2,(H,48,56)(H,49,58)(H,50,55)/t26?,28?,36-,38+,42?,44+/m0/s1. The Kier molecular flexibility index (Phi) is 10.8. The second-order valence-electron chi connectivity index (χ2n) is 17.1. The van der Waals surface area contributed by atoms with Gasteiger partial charge in [0.25, 0.3) is 0 Å². The molecule has 9 rings (SSSR count). The van der Waals surface area contributed by atoms with E-state index in [-0.39, 0.29) is 46.2 Å². The van der Waals surface area contributed by atoms with E-state index < -0.39 is 35.1 Å². The molecule has 4 heterocycles. The molecule has 312 valence electrons. The quantitative estimate of drug-likeness (QED) is 0.222. The molecule has 0 radical (unpaired) electrons. The Morgan fingerprint density at radius 3 is 2.29 bits per heavy atom. The number of piperazine rings is 1. The summed E-state index contributed by atoms with van der Waals surface area (Å²) in [6, 6.07) is 16.9. The molecule has 2 saturated carbocycles. The lowest BCUT2D eigenvalue weighted by Crippen LogP contribution is -2.60. The van der Waals surface area contributed by atoms with Crippen LogP contribution in [0.1, 0.15) is 81.3 Å². The highest BCUT2D eigenvalue weighted by Crippen LogP contribution is 2.62. The molecule has 15 heteroatoms. The molecule has 0 aromatic heterocycles. The van der Waals surface area contributed by atoms with Crippen LogP contribution in [0.3, 0.4) is 0 Å². The zero-order valence-electron chi connectivity index (χ0n) is 32.8. The van der Waals surface area contributed by atoms with Crippen molar-refractivity contribution in [3.05, 3.63) is 87.7 Å². The van der Waals surface area contributed by atoms with E-state index in [4.69, 9.17) is 23.2 Å². The summed E-state index contributed by atoms with van der Waals surface area (Å²) in [7, 11) is 0. The minimum atomic E-state index is -1.30. The predicted octanol–water partition coefficient (Wildman–Crippen LogP) is 5.41. The molecule has 59 heavy (non-hydrogen) atoms. The SMILES string of the molecule is O=C1CCN(c2ccc(N3CCN(C(=O)C4CCC(NC(=O)[C@@H]5NC6(CCCCC6)[C@@]6(C(=O)Nc7cc(Cl)ccc76)[C@H]5c5cccc(Cl)c5F)CC4)CC3)cc2)C(O)N1. The Labute approximate surface area is 353 Å². The van der Waals surface area contributed by atoms with Gasteiger partial charge >= 0.3 is 0 Å². The molecule has 0 bridgehead atoms. The molecule has 4 amide bonds. The van der Waals surface area contributed by atoms with Crippen molar-refractivity contribution in [3.8, 4) is 0 Å². The summed E-state index contributed by atoms with van der Waals surface area (Å²) in [6.45, 7) is 3.04. The highest BCUT2D eigenvalue weighted by molar-refractivity contribution is 6.31. The van der Waals surface area contributed by atoms with Gasteiger partial charge in [0, 0.05) is 84.6 Å². The summed E-state index contributed by atoms with van der Waals surface area (Å²) in [4.78, 5) is 60.7. The minimum absolute atomic E-state index is 0.0672. The number of benzene rings is 3. The van der Waals surface area contributed by atoms with E-state index in [1.165, 1.54) is 6.07 Å². The Balaban J connectivity index is 0.866. The summed E-state index contributed by atoms with van der Waals surface area (Å²) in [5, 5.41) is 23.3. The van der Waals surface area contributed by atoms with Gasteiger partial charge in [-0.1, -0.05) is 60.7 Å². The van der Waals surface area contributed by atoms with Gasteiger partial charge in [-0.2, -0.15) is 0 Å². The van der Waals surface area contributed by atoms with E-state index in [1.54, 1.807) is 29.2 Å². The van der Waals surface area contributed by atoms with Gasteiger partial charge in [-0.05, 0) is 92.1 Å². The van der Waals surface area contributed by atoms with Crippen LogP contribution < -0.4 is 31.1 Å². The first-order chi connectivity index (χ1) is 28.5. The summed E-state index contributed by atoms with van der Waals surface area (Å²) in [6.07, 6.45) is 5.83. The van der Waals surface area contributed by atoms with E-state index in [0.717, 1.165) is 30.6 Å². The molecule has 2 aliphatic carbocycles. The third-order valence-corrected chi connectivity index (χ3v) is 14.6. The van der Waals surface area contributed by atoms with Crippen LogP contribution in [0, 0.1) is 11.7 Å². The van der Waals surface area contributed by atoms with Crippen LogP contribution in [0.25, 0.3) is 0 Å². The number of nitrogens with zero attached hydrogens (tertiary/aromatic N) is 3. The van der Waals surface area contributed by atoms with Crippen molar-refractivity contribution < 1.29 is 28.7 Å². The maximum atomic E-state index is 16.3. The van der Waals surface area contributed by atoms with E-state index in [2.05, 4.69) is 26.2 Å². The highest BCUT2D eigenvalue weighted by atomic mass is 35.5. The third-order valence-electron chi connectivity index (χ3n) is 14.0. The first-order valence-electron chi connectivity index (χ1n) is 21.0. The van der Waals surface area contributed by atoms with Crippen LogP contribution in [0.4, 0.5) is 21.5 Å². The third kappa shape index (κ3) is 6.91. The zero-order valence-corrected chi connectivity index (χ0v) is 34.3. The fourth-order valence-electron chi connectivity index (χ4n) is 11.2. The second-order valence-corrected chi connectivity index (χ2v) is 18.0. The summed E-state index contributed by atoms with van der Waals surface area (Å²) >= 11 is 12.8. The molecule has 12 nitrogen and oxygen atoms in total. The molecule has 2 spiro atoms. The Hall–Kier alpha value is -4.43. The molecular weight excluding hydrogens is 796 g/mol. The number of carbonyl (C=O) groups excluding carboxylic acids is 4. The van der Waals surface area contributed by atoms with Gasteiger partial charge in [-0.3, -0.25) is 24.5 Å². The van der Waals surface area contributed by atoms with Crippen LogP contribution in [-0.4, -0.2) is 90.3 Å². The van der Waals surface area contributed by atoms with Crippen molar-refractivity contribution >= 4 is 63.9 Å². The van der Waals surface area contributed by atoms with Gasteiger partial charge in [-0.15, -0.1) is 0 Å². The number of carbonyl (C=O) groups is 4.